The molecule has 0 aliphatic carbocycles. The second-order valence-corrected chi connectivity index (χ2v) is 6.36. The van der Waals surface area contributed by atoms with Gasteiger partial charge in [-0.1, -0.05) is 24.3 Å². The molecule has 1 atom stereocenters. The molecule has 3 N–H and O–H groups in total. The predicted octanol–water partition coefficient (Wildman–Crippen LogP) is 3.67. The van der Waals surface area contributed by atoms with Gasteiger partial charge in [-0.3, -0.25) is 9.59 Å². The van der Waals surface area contributed by atoms with Gasteiger partial charge < -0.3 is 20.1 Å². The number of nitrogens with zero attached hydrogens (tertiary/aromatic N) is 1. The van der Waals surface area contributed by atoms with Crippen LogP contribution in [0.1, 0.15) is 24.3 Å². The van der Waals surface area contributed by atoms with Crippen molar-refractivity contribution in [3.63, 3.8) is 0 Å². The Labute approximate surface area is 162 Å². The van der Waals surface area contributed by atoms with Gasteiger partial charge in [-0.05, 0) is 35.4 Å². The van der Waals surface area contributed by atoms with Crippen LogP contribution in [0.3, 0.4) is 0 Å². The maximum atomic E-state index is 12.5. The molecule has 7 heteroatoms. The topological polar surface area (TPSA) is 104 Å². The van der Waals surface area contributed by atoms with Gasteiger partial charge in [0.1, 0.15) is 5.75 Å². The lowest BCUT2D eigenvalue weighted by Crippen LogP contribution is -2.17. The standard InChI is InChI=1S/C21H21N3O4/c1-28-18-8-4-14(5-9-18)16(11-21(26)27)10-20(25)24-17-6-2-15(3-7-17)19-12-22-13-23-19/h2-9,12-13,16H,10-11H2,1H3,(H,22,23)(H,24,25)(H,26,27). The maximum absolute atomic E-state index is 12.5. The molecule has 0 saturated carbocycles. The summed E-state index contributed by atoms with van der Waals surface area (Å²) >= 11 is 0. The number of carboxylic acid groups (broad SMARTS) is 1. The number of hydrogen-bond donors (Lipinski definition) is 3. The molecule has 144 valence electrons. The summed E-state index contributed by atoms with van der Waals surface area (Å²) in [5.74, 6) is -0.929. The molecular weight excluding hydrogens is 358 g/mol. The van der Waals surface area contributed by atoms with Crippen LogP contribution in [0.5, 0.6) is 5.75 Å². The van der Waals surface area contributed by atoms with Crippen molar-refractivity contribution in [3.8, 4) is 17.0 Å². The number of benzene rings is 2. The minimum Gasteiger partial charge on any atom is -0.497 e. The maximum Gasteiger partial charge on any atom is 0.303 e. The lowest BCUT2D eigenvalue weighted by molar-refractivity contribution is -0.137. The van der Waals surface area contributed by atoms with Gasteiger partial charge in [0.15, 0.2) is 0 Å². The largest absolute Gasteiger partial charge is 0.497 e. The zero-order valence-electron chi connectivity index (χ0n) is 15.4. The van der Waals surface area contributed by atoms with Crippen LogP contribution in [-0.4, -0.2) is 34.1 Å². The zero-order valence-corrected chi connectivity index (χ0v) is 15.4. The summed E-state index contributed by atoms with van der Waals surface area (Å²) in [7, 11) is 1.56. The van der Waals surface area contributed by atoms with Crippen molar-refractivity contribution in [3.05, 3.63) is 66.6 Å². The molecule has 0 bridgehead atoms. The quantitative estimate of drug-likeness (QED) is 0.554. The number of carboxylic acids is 1. The second-order valence-electron chi connectivity index (χ2n) is 6.36. The summed E-state index contributed by atoms with van der Waals surface area (Å²) < 4.78 is 5.12. The van der Waals surface area contributed by atoms with Gasteiger partial charge >= 0.3 is 5.97 Å². The average molecular weight is 379 g/mol. The lowest BCUT2D eigenvalue weighted by atomic mass is 9.92. The van der Waals surface area contributed by atoms with E-state index < -0.39 is 11.9 Å². The summed E-state index contributed by atoms with van der Waals surface area (Å²) in [5, 5.41) is 12.0. The first-order valence-corrected chi connectivity index (χ1v) is 8.79. The number of nitrogens with one attached hydrogen (secondary N) is 2. The number of anilines is 1. The van der Waals surface area contributed by atoms with Crippen LogP contribution in [0.15, 0.2) is 61.1 Å². The average Bonchev–Trinajstić information content (AvgIpc) is 3.22. The number of carbonyl (C=O) groups excluding carboxylic acids is 1. The molecule has 7 nitrogen and oxygen atoms in total. The first-order chi connectivity index (χ1) is 13.5. The number of aromatic amines is 1. The van der Waals surface area contributed by atoms with E-state index in [9.17, 15) is 14.7 Å². The van der Waals surface area contributed by atoms with Crippen molar-refractivity contribution in [1.82, 2.24) is 9.97 Å². The number of aromatic nitrogens is 2. The Bertz CT molecular complexity index is 919. The van der Waals surface area contributed by atoms with Crippen LogP contribution >= 0.6 is 0 Å². The normalized spacial score (nSPS) is 11.6. The van der Waals surface area contributed by atoms with E-state index in [4.69, 9.17) is 4.74 Å². The zero-order chi connectivity index (χ0) is 19.9. The van der Waals surface area contributed by atoms with Crippen molar-refractivity contribution in [2.45, 2.75) is 18.8 Å². The van der Waals surface area contributed by atoms with Gasteiger partial charge in [-0.25, -0.2) is 4.98 Å². The number of imidazole rings is 1. The fraction of sp³-hybridized carbons (Fsp3) is 0.190. The summed E-state index contributed by atoms with van der Waals surface area (Å²) in [6.07, 6.45) is 3.27. The number of hydrogen-bond acceptors (Lipinski definition) is 4. The van der Waals surface area contributed by atoms with E-state index in [1.165, 1.54) is 0 Å². The molecule has 0 aliphatic heterocycles. The van der Waals surface area contributed by atoms with E-state index in [2.05, 4.69) is 15.3 Å². The predicted molar refractivity (Wildman–Crippen MR) is 105 cm³/mol. The molecule has 1 amide bonds. The molecule has 0 saturated heterocycles. The number of rotatable bonds is 8. The van der Waals surface area contributed by atoms with Crippen molar-refractivity contribution < 1.29 is 19.4 Å². The first-order valence-electron chi connectivity index (χ1n) is 8.79. The number of ether oxygens (including phenoxy) is 1. The molecule has 3 aromatic rings. The highest BCUT2D eigenvalue weighted by molar-refractivity contribution is 5.91. The van der Waals surface area contributed by atoms with Crippen LogP contribution < -0.4 is 10.1 Å². The molecule has 2 aromatic carbocycles. The fourth-order valence-electron chi connectivity index (χ4n) is 2.98. The van der Waals surface area contributed by atoms with Gasteiger partial charge in [0, 0.05) is 18.0 Å². The van der Waals surface area contributed by atoms with Crippen LogP contribution in [0.4, 0.5) is 5.69 Å². The first kappa shape index (κ1) is 19.2. The molecule has 1 unspecified atom stereocenters. The number of methoxy groups -OCH3 is 1. The third-order valence-electron chi connectivity index (χ3n) is 4.42. The lowest BCUT2D eigenvalue weighted by Gasteiger charge is -2.16. The van der Waals surface area contributed by atoms with E-state index >= 15 is 0 Å². The smallest absolute Gasteiger partial charge is 0.303 e. The monoisotopic (exact) mass is 379 g/mol. The molecule has 0 radical (unpaired) electrons. The molecule has 28 heavy (non-hydrogen) atoms. The Morgan fingerprint density at radius 2 is 1.82 bits per heavy atom. The summed E-state index contributed by atoms with van der Waals surface area (Å²) in [6.45, 7) is 0. The van der Waals surface area contributed by atoms with Crippen LogP contribution in [-0.2, 0) is 9.59 Å². The Morgan fingerprint density at radius 1 is 1.11 bits per heavy atom. The van der Waals surface area contributed by atoms with E-state index in [1.807, 2.05) is 12.1 Å². The molecule has 3 rings (SSSR count). The highest BCUT2D eigenvalue weighted by Crippen LogP contribution is 2.26. The van der Waals surface area contributed by atoms with Gasteiger partial charge in [-0.15, -0.1) is 0 Å². The van der Waals surface area contributed by atoms with Crippen LogP contribution in [0.2, 0.25) is 0 Å². The van der Waals surface area contributed by atoms with Gasteiger partial charge in [0.25, 0.3) is 0 Å². The summed E-state index contributed by atoms with van der Waals surface area (Å²) in [5.41, 5.74) is 3.28. The van der Waals surface area contributed by atoms with E-state index in [0.717, 1.165) is 16.8 Å². The highest BCUT2D eigenvalue weighted by atomic mass is 16.5. The van der Waals surface area contributed by atoms with E-state index in [0.29, 0.717) is 11.4 Å². The SMILES string of the molecule is COc1ccc(C(CC(=O)O)CC(=O)Nc2ccc(-c3cnc[nH]3)cc2)cc1. The van der Waals surface area contributed by atoms with Crippen molar-refractivity contribution >= 4 is 17.6 Å². The fourth-order valence-corrected chi connectivity index (χ4v) is 2.98. The summed E-state index contributed by atoms with van der Waals surface area (Å²) in [6, 6.07) is 14.5. The Hall–Kier alpha value is -3.61. The summed E-state index contributed by atoms with van der Waals surface area (Å²) in [4.78, 5) is 30.7. The number of aliphatic carboxylic acids is 1. The number of amides is 1. The Kier molecular flexibility index (Phi) is 6.06. The molecular formula is C21H21N3O4. The molecule has 0 spiro atoms. The number of H-pyrrole nitrogens is 1. The second kappa shape index (κ2) is 8.85. The minimum atomic E-state index is -0.947. The molecule has 0 aliphatic rings. The van der Waals surface area contributed by atoms with Crippen molar-refractivity contribution in [2.24, 2.45) is 0 Å². The Morgan fingerprint density at radius 3 is 2.39 bits per heavy atom. The van der Waals surface area contributed by atoms with Gasteiger partial charge in [-0.2, -0.15) is 0 Å². The van der Waals surface area contributed by atoms with Gasteiger partial charge in [0.2, 0.25) is 5.91 Å². The van der Waals surface area contributed by atoms with Gasteiger partial charge in [0.05, 0.1) is 31.7 Å². The number of carbonyl (C=O) groups is 2. The Balaban J connectivity index is 1.66. The molecule has 1 heterocycles. The van der Waals surface area contributed by atoms with Crippen LogP contribution in [0.25, 0.3) is 11.3 Å². The highest BCUT2D eigenvalue weighted by Gasteiger charge is 2.19. The van der Waals surface area contributed by atoms with Crippen LogP contribution in [0, 0.1) is 0 Å². The van der Waals surface area contributed by atoms with Crippen molar-refractivity contribution in [2.75, 3.05) is 12.4 Å². The molecule has 1 aromatic heterocycles. The minimum absolute atomic E-state index is 0.0704. The van der Waals surface area contributed by atoms with E-state index in [1.54, 1.807) is 56.0 Å². The van der Waals surface area contributed by atoms with E-state index in [-0.39, 0.29) is 18.7 Å². The third-order valence-corrected chi connectivity index (χ3v) is 4.42. The third kappa shape index (κ3) is 4.97. The van der Waals surface area contributed by atoms with Crippen molar-refractivity contribution in [1.29, 1.82) is 0 Å². The molecule has 0 fully saturated rings.